The van der Waals surface area contributed by atoms with Crippen LogP contribution in [0.5, 0.6) is 0 Å². The lowest BCUT2D eigenvalue weighted by molar-refractivity contribution is 0.0896. The number of imidazole rings is 1. The van der Waals surface area contributed by atoms with Crippen LogP contribution in [0.25, 0.3) is 0 Å². The summed E-state index contributed by atoms with van der Waals surface area (Å²) in [5.41, 5.74) is 2.74. The molecule has 126 valence electrons. The first-order chi connectivity index (χ1) is 11.6. The molecule has 0 saturated heterocycles. The Morgan fingerprint density at radius 1 is 1.62 bits per heavy atom. The molecule has 0 bridgehead atoms. The van der Waals surface area contributed by atoms with Crippen molar-refractivity contribution in [2.24, 2.45) is 7.05 Å². The molecule has 0 aromatic carbocycles. The number of hydrogen-bond donors (Lipinski definition) is 2. The fourth-order valence-electron chi connectivity index (χ4n) is 2.86. The van der Waals surface area contributed by atoms with E-state index in [0.717, 1.165) is 39.5 Å². The normalized spacial score (nSPS) is 16.1. The van der Waals surface area contributed by atoms with Gasteiger partial charge in [-0.3, -0.25) is 0 Å². The summed E-state index contributed by atoms with van der Waals surface area (Å²) in [6.45, 7) is 0.384. The number of hydrogen-bond acceptors (Lipinski definition) is 6. The molecule has 1 unspecified atom stereocenters. The molecule has 0 fully saturated rings. The van der Waals surface area contributed by atoms with Crippen LogP contribution in [0.4, 0.5) is 9.80 Å². The number of aromatic nitrogens is 2. The molecule has 0 spiro atoms. The molecule has 1 aliphatic carbocycles. The second kappa shape index (κ2) is 6.93. The number of fused-ring (bicyclic) bond motifs is 1. The Bertz CT molecular complexity index is 789. The number of carbonyl (C=O) groups is 1. The fourth-order valence-corrected chi connectivity index (χ4v) is 4.08. The van der Waals surface area contributed by atoms with Crippen LogP contribution >= 0.6 is 11.3 Å². The van der Waals surface area contributed by atoms with Gasteiger partial charge in [-0.1, -0.05) is 0 Å². The van der Waals surface area contributed by atoms with Crippen LogP contribution in [0.2, 0.25) is 0 Å². The third-order valence-corrected chi connectivity index (χ3v) is 5.43. The van der Waals surface area contributed by atoms with Crippen LogP contribution in [0.15, 0.2) is 12.5 Å². The third-order valence-electron chi connectivity index (χ3n) is 4.16. The van der Waals surface area contributed by atoms with Gasteiger partial charge in [0.05, 0.1) is 24.1 Å². The van der Waals surface area contributed by atoms with E-state index in [1.165, 1.54) is 0 Å². The zero-order chi connectivity index (χ0) is 17.1. The molecule has 7 nitrogen and oxygen atoms in total. The molecule has 2 N–H and O–H groups in total. The quantitative estimate of drug-likeness (QED) is 0.886. The second-order valence-electron chi connectivity index (χ2n) is 5.69. The number of anilines is 1. The number of ether oxygens (including phenoxy) is 1. The molecule has 0 saturated carbocycles. The molecular weight excluding hydrogens is 326 g/mol. The third kappa shape index (κ3) is 3.21. The summed E-state index contributed by atoms with van der Waals surface area (Å²) in [6, 6.07) is 2.27. The lowest BCUT2D eigenvalue weighted by Gasteiger charge is -2.22. The van der Waals surface area contributed by atoms with Gasteiger partial charge in [0.15, 0.2) is 0 Å². The van der Waals surface area contributed by atoms with Gasteiger partial charge in [0.25, 0.3) is 0 Å². The number of rotatable bonds is 4. The zero-order valence-corrected chi connectivity index (χ0v) is 14.4. The number of nitriles is 1. The summed E-state index contributed by atoms with van der Waals surface area (Å²) in [5, 5.41) is 16.0. The van der Waals surface area contributed by atoms with Crippen molar-refractivity contribution < 1.29 is 9.53 Å². The number of alkyl carbamates (subject to hydrolysis) is 1. The Kier molecular flexibility index (Phi) is 4.71. The van der Waals surface area contributed by atoms with Crippen LogP contribution in [0.3, 0.4) is 0 Å². The van der Waals surface area contributed by atoms with Crippen molar-refractivity contribution in [2.75, 3.05) is 12.4 Å². The Balaban J connectivity index is 1.58. The Hall–Kier alpha value is -2.53. The lowest BCUT2D eigenvalue weighted by Crippen LogP contribution is -2.32. The van der Waals surface area contributed by atoms with E-state index < -0.39 is 6.09 Å². The molecule has 3 rings (SSSR count). The Morgan fingerprint density at radius 2 is 2.46 bits per heavy atom. The molecule has 1 atom stereocenters. The van der Waals surface area contributed by atoms with Gasteiger partial charge < -0.3 is 19.9 Å². The summed E-state index contributed by atoms with van der Waals surface area (Å²) in [6.07, 6.45) is 4.98. The number of carbonyl (C=O) groups excluding carboxylic acids is 1. The molecule has 24 heavy (non-hydrogen) atoms. The molecule has 2 aromatic heterocycles. The van der Waals surface area contributed by atoms with Crippen molar-refractivity contribution in [3.63, 3.8) is 0 Å². The predicted octanol–water partition coefficient (Wildman–Crippen LogP) is 2.18. The van der Waals surface area contributed by atoms with E-state index in [4.69, 9.17) is 4.74 Å². The van der Waals surface area contributed by atoms with Gasteiger partial charge in [-0.2, -0.15) is 5.26 Å². The van der Waals surface area contributed by atoms with Gasteiger partial charge in [-0.25, -0.2) is 9.78 Å². The van der Waals surface area contributed by atoms with E-state index in [9.17, 15) is 10.1 Å². The van der Waals surface area contributed by atoms with Crippen molar-refractivity contribution in [3.05, 3.63) is 34.2 Å². The van der Waals surface area contributed by atoms with Gasteiger partial charge in [0, 0.05) is 31.6 Å². The number of amides is 1. The van der Waals surface area contributed by atoms with Gasteiger partial charge in [-0.05, 0) is 18.4 Å². The summed E-state index contributed by atoms with van der Waals surface area (Å²) >= 11 is 1.57. The SMILES string of the molecule is CNc1sc2c(c1C#N)CCC(OC(=O)NCc1cncn1C)C2. The minimum atomic E-state index is -0.421. The van der Waals surface area contributed by atoms with Gasteiger partial charge in [0.1, 0.15) is 17.2 Å². The average Bonchev–Trinajstić information content (AvgIpc) is 3.15. The smallest absolute Gasteiger partial charge is 0.407 e. The van der Waals surface area contributed by atoms with Crippen molar-refractivity contribution in [2.45, 2.75) is 31.9 Å². The van der Waals surface area contributed by atoms with E-state index in [1.807, 2.05) is 18.7 Å². The second-order valence-corrected chi connectivity index (χ2v) is 6.79. The average molecular weight is 345 g/mol. The molecule has 1 aliphatic rings. The Labute approximate surface area is 144 Å². The molecule has 8 heteroatoms. The molecular formula is C16H19N5O2S. The van der Waals surface area contributed by atoms with Crippen molar-refractivity contribution in [1.29, 1.82) is 5.26 Å². The summed E-state index contributed by atoms with van der Waals surface area (Å²) in [7, 11) is 3.69. The highest BCUT2D eigenvalue weighted by Gasteiger charge is 2.27. The fraction of sp³-hybridized carbons (Fsp3) is 0.438. The molecule has 1 amide bonds. The largest absolute Gasteiger partial charge is 0.446 e. The highest BCUT2D eigenvalue weighted by molar-refractivity contribution is 7.16. The number of nitrogens with one attached hydrogen (secondary N) is 2. The van der Waals surface area contributed by atoms with Crippen LogP contribution in [-0.4, -0.2) is 28.8 Å². The van der Waals surface area contributed by atoms with E-state index in [0.29, 0.717) is 13.0 Å². The maximum absolute atomic E-state index is 12.0. The first-order valence-corrected chi connectivity index (χ1v) is 8.56. The summed E-state index contributed by atoms with van der Waals surface area (Å²) in [5.74, 6) is 0. The van der Waals surface area contributed by atoms with Gasteiger partial charge in [-0.15, -0.1) is 11.3 Å². The maximum atomic E-state index is 12.0. The van der Waals surface area contributed by atoms with Gasteiger partial charge in [0.2, 0.25) is 0 Å². The molecule has 2 aromatic rings. The lowest BCUT2D eigenvalue weighted by atomic mass is 9.94. The van der Waals surface area contributed by atoms with Gasteiger partial charge >= 0.3 is 6.09 Å². The highest BCUT2D eigenvalue weighted by Crippen LogP contribution is 2.38. The van der Waals surface area contributed by atoms with Crippen molar-refractivity contribution in [3.8, 4) is 6.07 Å². The standard InChI is InChI=1S/C16H19N5O2S/c1-18-15-13(6-17)12-4-3-11(5-14(12)24-15)23-16(22)20-8-10-7-19-9-21(10)2/h7,9,11,18H,3-5,8H2,1-2H3,(H,20,22). The topological polar surface area (TPSA) is 92.0 Å². The number of nitrogens with zero attached hydrogens (tertiary/aromatic N) is 3. The van der Waals surface area contributed by atoms with Crippen LogP contribution in [0, 0.1) is 11.3 Å². The summed E-state index contributed by atoms with van der Waals surface area (Å²) in [4.78, 5) is 17.1. The Morgan fingerprint density at radius 3 is 3.12 bits per heavy atom. The molecule has 2 heterocycles. The number of aryl methyl sites for hydroxylation is 1. The molecule has 0 radical (unpaired) electrons. The number of thiophene rings is 1. The molecule has 0 aliphatic heterocycles. The van der Waals surface area contributed by atoms with Crippen molar-refractivity contribution >= 4 is 22.4 Å². The maximum Gasteiger partial charge on any atom is 0.407 e. The predicted molar refractivity (Wildman–Crippen MR) is 90.9 cm³/mol. The van der Waals surface area contributed by atoms with E-state index >= 15 is 0 Å². The van der Waals surface area contributed by atoms with Crippen LogP contribution in [0.1, 0.15) is 28.1 Å². The van der Waals surface area contributed by atoms with E-state index in [2.05, 4.69) is 21.7 Å². The monoisotopic (exact) mass is 345 g/mol. The van der Waals surface area contributed by atoms with Crippen LogP contribution < -0.4 is 10.6 Å². The van der Waals surface area contributed by atoms with E-state index in [1.54, 1.807) is 23.9 Å². The minimum Gasteiger partial charge on any atom is -0.446 e. The minimum absolute atomic E-state index is 0.154. The first-order valence-electron chi connectivity index (χ1n) is 7.74. The van der Waals surface area contributed by atoms with Crippen LogP contribution in [-0.2, 0) is 31.2 Å². The highest BCUT2D eigenvalue weighted by atomic mass is 32.1. The van der Waals surface area contributed by atoms with Crippen molar-refractivity contribution in [1.82, 2.24) is 14.9 Å². The zero-order valence-electron chi connectivity index (χ0n) is 13.6. The summed E-state index contributed by atoms with van der Waals surface area (Å²) < 4.78 is 7.38. The van der Waals surface area contributed by atoms with E-state index in [-0.39, 0.29) is 6.10 Å². The first kappa shape index (κ1) is 16.3.